The Balaban J connectivity index is 2.81. The maximum atomic E-state index is 10.5. The van der Waals surface area contributed by atoms with Crippen LogP contribution < -0.4 is 4.90 Å². The van der Waals surface area contributed by atoms with Gasteiger partial charge in [0.15, 0.2) is 0 Å². The first-order valence-corrected chi connectivity index (χ1v) is 5.05. The zero-order valence-corrected chi connectivity index (χ0v) is 8.94. The molecule has 0 bridgehead atoms. The number of terminal acetylenes is 1. The molecule has 0 aliphatic rings. The molecule has 0 N–H and O–H groups in total. The third-order valence-electron chi connectivity index (χ3n) is 2.17. The molecule has 1 aromatic carbocycles. The van der Waals surface area contributed by atoms with Gasteiger partial charge in [-0.25, -0.2) is 0 Å². The number of carbonyl (C=O) groups excluding carboxylic acids is 1. The van der Waals surface area contributed by atoms with Crippen molar-refractivity contribution in [1.29, 1.82) is 0 Å². The highest BCUT2D eigenvalue weighted by atomic mass is 16.1. The number of carbonyl (C=O) groups is 1. The minimum atomic E-state index is 0.605. The van der Waals surface area contributed by atoms with Gasteiger partial charge in [-0.3, -0.25) is 4.79 Å². The zero-order valence-electron chi connectivity index (χ0n) is 8.94. The normalized spacial score (nSPS) is 9.33. The maximum absolute atomic E-state index is 10.5. The SMILES string of the molecule is C#CCN(CCC)c1ccc(C=O)cc1. The predicted molar refractivity (Wildman–Crippen MR) is 63.2 cm³/mol. The van der Waals surface area contributed by atoms with Gasteiger partial charge in [-0.05, 0) is 30.7 Å². The second-order valence-corrected chi connectivity index (χ2v) is 3.34. The second kappa shape index (κ2) is 5.87. The zero-order chi connectivity index (χ0) is 11.1. The summed E-state index contributed by atoms with van der Waals surface area (Å²) in [5.74, 6) is 2.64. The number of anilines is 1. The summed E-state index contributed by atoms with van der Waals surface area (Å²) < 4.78 is 0. The van der Waals surface area contributed by atoms with Crippen molar-refractivity contribution in [3.63, 3.8) is 0 Å². The summed E-state index contributed by atoms with van der Waals surface area (Å²) in [4.78, 5) is 12.6. The molecule has 15 heavy (non-hydrogen) atoms. The number of nitrogens with zero attached hydrogens (tertiary/aromatic N) is 1. The van der Waals surface area contributed by atoms with Gasteiger partial charge in [0.05, 0.1) is 6.54 Å². The van der Waals surface area contributed by atoms with Gasteiger partial charge in [0.1, 0.15) is 6.29 Å². The van der Waals surface area contributed by atoms with Gasteiger partial charge in [0, 0.05) is 17.8 Å². The molecule has 0 aromatic heterocycles. The van der Waals surface area contributed by atoms with Gasteiger partial charge in [-0.1, -0.05) is 12.8 Å². The Kier molecular flexibility index (Phi) is 4.43. The van der Waals surface area contributed by atoms with Gasteiger partial charge in [0.2, 0.25) is 0 Å². The Bertz CT molecular complexity index is 348. The highest BCUT2D eigenvalue weighted by molar-refractivity contribution is 5.75. The summed E-state index contributed by atoms with van der Waals surface area (Å²) in [6.07, 6.45) is 7.20. The van der Waals surface area contributed by atoms with E-state index >= 15 is 0 Å². The molecule has 78 valence electrons. The van der Waals surface area contributed by atoms with Crippen molar-refractivity contribution in [3.8, 4) is 12.3 Å². The first-order valence-electron chi connectivity index (χ1n) is 5.05. The Morgan fingerprint density at radius 3 is 2.53 bits per heavy atom. The molecule has 0 spiro atoms. The lowest BCUT2D eigenvalue weighted by Gasteiger charge is -2.21. The molecule has 0 amide bonds. The molecule has 0 radical (unpaired) electrons. The Labute approximate surface area is 90.9 Å². The summed E-state index contributed by atoms with van der Waals surface area (Å²) in [6.45, 7) is 3.65. The number of benzene rings is 1. The van der Waals surface area contributed by atoms with Crippen LogP contribution in [0.5, 0.6) is 0 Å². The van der Waals surface area contributed by atoms with Crippen molar-refractivity contribution < 1.29 is 4.79 Å². The van der Waals surface area contributed by atoms with Crippen molar-refractivity contribution in [2.45, 2.75) is 13.3 Å². The standard InChI is InChI=1S/C13H15NO/c1-3-9-14(10-4-2)13-7-5-12(11-15)6-8-13/h1,5-8,11H,4,9-10H2,2H3. The number of rotatable bonds is 5. The van der Waals surface area contributed by atoms with Gasteiger partial charge in [-0.2, -0.15) is 0 Å². The monoisotopic (exact) mass is 201 g/mol. The number of aldehydes is 1. The van der Waals surface area contributed by atoms with E-state index in [0.717, 1.165) is 24.9 Å². The molecule has 0 unspecified atom stereocenters. The first kappa shape index (κ1) is 11.3. The third-order valence-corrected chi connectivity index (χ3v) is 2.17. The van der Waals surface area contributed by atoms with E-state index in [0.29, 0.717) is 12.1 Å². The van der Waals surface area contributed by atoms with Crippen molar-refractivity contribution in [2.75, 3.05) is 18.0 Å². The van der Waals surface area contributed by atoms with E-state index in [-0.39, 0.29) is 0 Å². The van der Waals surface area contributed by atoms with Crippen LogP contribution in [0.1, 0.15) is 23.7 Å². The van der Waals surface area contributed by atoms with Crippen LogP contribution in [-0.2, 0) is 0 Å². The van der Waals surface area contributed by atoms with Crippen LogP contribution >= 0.6 is 0 Å². The molecule has 1 rings (SSSR count). The average Bonchev–Trinajstić information content (AvgIpc) is 2.29. The summed E-state index contributed by atoms with van der Waals surface area (Å²) in [6, 6.07) is 7.47. The fourth-order valence-corrected chi connectivity index (χ4v) is 1.44. The lowest BCUT2D eigenvalue weighted by molar-refractivity contribution is 0.112. The lowest BCUT2D eigenvalue weighted by Crippen LogP contribution is -2.24. The van der Waals surface area contributed by atoms with Crippen LogP contribution in [0.25, 0.3) is 0 Å². The summed E-state index contributed by atoms with van der Waals surface area (Å²) in [7, 11) is 0. The molecular formula is C13H15NO. The van der Waals surface area contributed by atoms with E-state index < -0.39 is 0 Å². The Hall–Kier alpha value is -1.75. The van der Waals surface area contributed by atoms with Crippen LogP contribution in [0, 0.1) is 12.3 Å². The quantitative estimate of drug-likeness (QED) is 0.538. The molecule has 1 aromatic rings. The second-order valence-electron chi connectivity index (χ2n) is 3.34. The fourth-order valence-electron chi connectivity index (χ4n) is 1.44. The Morgan fingerprint density at radius 1 is 1.40 bits per heavy atom. The van der Waals surface area contributed by atoms with E-state index in [1.807, 2.05) is 24.3 Å². The first-order chi connectivity index (χ1) is 7.31. The van der Waals surface area contributed by atoms with Crippen molar-refractivity contribution in [2.24, 2.45) is 0 Å². The lowest BCUT2D eigenvalue weighted by atomic mass is 10.2. The van der Waals surface area contributed by atoms with E-state index in [1.165, 1.54) is 0 Å². The predicted octanol–water partition coefficient (Wildman–Crippen LogP) is 2.35. The molecule has 0 aliphatic heterocycles. The van der Waals surface area contributed by atoms with Crippen molar-refractivity contribution in [1.82, 2.24) is 0 Å². The molecule has 0 atom stereocenters. The molecular weight excluding hydrogens is 186 g/mol. The highest BCUT2D eigenvalue weighted by Gasteiger charge is 2.02. The molecule has 0 heterocycles. The molecule has 2 heteroatoms. The largest absolute Gasteiger partial charge is 0.360 e. The van der Waals surface area contributed by atoms with Crippen LogP contribution in [0.2, 0.25) is 0 Å². The highest BCUT2D eigenvalue weighted by Crippen LogP contribution is 2.14. The molecule has 0 saturated heterocycles. The van der Waals surface area contributed by atoms with Gasteiger partial charge in [-0.15, -0.1) is 6.42 Å². The van der Waals surface area contributed by atoms with Crippen LogP contribution in [0.15, 0.2) is 24.3 Å². The average molecular weight is 201 g/mol. The van der Waals surface area contributed by atoms with Crippen LogP contribution in [-0.4, -0.2) is 19.4 Å². The summed E-state index contributed by atoms with van der Waals surface area (Å²) >= 11 is 0. The third kappa shape index (κ3) is 3.14. The minimum Gasteiger partial charge on any atom is -0.360 e. The molecule has 2 nitrogen and oxygen atoms in total. The van der Waals surface area contributed by atoms with Crippen LogP contribution in [0.3, 0.4) is 0 Å². The molecule has 0 fully saturated rings. The minimum absolute atomic E-state index is 0.605. The summed E-state index contributed by atoms with van der Waals surface area (Å²) in [5, 5.41) is 0. The smallest absolute Gasteiger partial charge is 0.150 e. The van der Waals surface area contributed by atoms with Gasteiger partial charge < -0.3 is 4.90 Å². The van der Waals surface area contributed by atoms with Crippen molar-refractivity contribution in [3.05, 3.63) is 29.8 Å². The Morgan fingerprint density at radius 2 is 2.07 bits per heavy atom. The van der Waals surface area contributed by atoms with E-state index in [9.17, 15) is 4.79 Å². The topological polar surface area (TPSA) is 20.3 Å². The molecule has 0 aliphatic carbocycles. The van der Waals surface area contributed by atoms with Crippen LogP contribution in [0.4, 0.5) is 5.69 Å². The van der Waals surface area contributed by atoms with Gasteiger partial charge >= 0.3 is 0 Å². The van der Waals surface area contributed by atoms with E-state index in [4.69, 9.17) is 6.42 Å². The van der Waals surface area contributed by atoms with E-state index in [2.05, 4.69) is 17.7 Å². The maximum Gasteiger partial charge on any atom is 0.150 e. The fraction of sp³-hybridized carbons (Fsp3) is 0.308. The number of hydrogen-bond acceptors (Lipinski definition) is 2. The number of hydrogen-bond donors (Lipinski definition) is 0. The summed E-state index contributed by atoms with van der Waals surface area (Å²) in [5.41, 5.74) is 1.76. The van der Waals surface area contributed by atoms with Gasteiger partial charge in [0.25, 0.3) is 0 Å². The van der Waals surface area contributed by atoms with Crippen molar-refractivity contribution >= 4 is 12.0 Å². The van der Waals surface area contributed by atoms with E-state index in [1.54, 1.807) is 0 Å². The molecule has 0 saturated carbocycles.